The van der Waals surface area contributed by atoms with Gasteiger partial charge in [-0.2, -0.15) is 0 Å². The van der Waals surface area contributed by atoms with E-state index >= 15 is 0 Å². The summed E-state index contributed by atoms with van der Waals surface area (Å²) in [4.78, 5) is 25.7. The van der Waals surface area contributed by atoms with Gasteiger partial charge in [0.15, 0.2) is 0 Å². The molecule has 0 bridgehead atoms. The summed E-state index contributed by atoms with van der Waals surface area (Å²) in [7, 11) is 0. The molecule has 4 heteroatoms. The minimum Gasteiger partial charge on any atom is -0.350 e. The maximum Gasteiger partial charge on any atom is 0.245 e. The maximum absolute atomic E-state index is 12.4. The van der Waals surface area contributed by atoms with Gasteiger partial charge < -0.3 is 10.2 Å². The van der Waals surface area contributed by atoms with Crippen LogP contribution in [-0.2, 0) is 9.59 Å². The first-order valence-electron chi connectivity index (χ1n) is 7.88. The van der Waals surface area contributed by atoms with E-state index in [0.717, 1.165) is 31.6 Å². The van der Waals surface area contributed by atoms with Gasteiger partial charge in [-0.15, -0.1) is 0 Å². The van der Waals surface area contributed by atoms with E-state index < -0.39 is 0 Å². The molecule has 0 spiro atoms. The molecule has 0 aromatic rings. The molecule has 3 fully saturated rings. The largest absolute Gasteiger partial charge is 0.350 e. The minimum atomic E-state index is -0.0167. The smallest absolute Gasteiger partial charge is 0.245 e. The Balaban J connectivity index is 1.49. The highest BCUT2D eigenvalue weighted by atomic mass is 16.2. The van der Waals surface area contributed by atoms with Crippen LogP contribution in [0.15, 0.2) is 12.7 Å². The zero-order valence-electron chi connectivity index (χ0n) is 12.1. The van der Waals surface area contributed by atoms with Crippen molar-refractivity contribution in [2.75, 3.05) is 13.1 Å². The number of amides is 2. The van der Waals surface area contributed by atoms with Crippen LogP contribution in [0.1, 0.15) is 44.9 Å². The number of piperidine rings is 1. The molecule has 1 saturated heterocycles. The standard InChI is InChI=1S/C16H24N2O2/c1-2-14(19)18-10-6-12(7-11-18)15(20)17-16(8-9-16)13-4-3-5-13/h2,12-13H,1,3-11H2,(H,17,20). The lowest BCUT2D eigenvalue weighted by atomic mass is 9.77. The Morgan fingerprint density at radius 1 is 1.15 bits per heavy atom. The molecular formula is C16H24N2O2. The highest BCUT2D eigenvalue weighted by molar-refractivity contribution is 5.87. The van der Waals surface area contributed by atoms with E-state index in [-0.39, 0.29) is 23.3 Å². The molecule has 2 aliphatic carbocycles. The lowest BCUT2D eigenvalue weighted by Gasteiger charge is -2.37. The first kappa shape index (κ1) is 13.7. The van der Waals surface area contributed by atoms with Gasteiger partial charge in [-0.1, -0.05) is 13.0 Å². The van der Waals surface area contributed by atoms with Crippen LogP contribution in [0.2, 0.25) is 0 Å². The zero-order valence-corrected chi connectivity index (χ0v) is 12.1. The summed E-state index contributed by atoms with van der Waals surface area (Å²) in [5.41, 5.74) is 0.156. The topological polar surface area (TPSA) is 49.4 Å². The Morgan fingerprint density at radius 2 is 1.80 bits per heavy atom. The predicted molar refractivity (Wildman–Crippen MR) is 76.9 cm³/mol. The van der Waals surface area contributed by atoms with Gasteiger partial charge in [-0.3, -0.25) is 9.59 Å². The molecule has 1 N–H and O–H groups in total. The van der Waals surface area contributed by atoms with Gasteiger partial charge >= 0.3 is 0 Å². The Morgan fingerprint density at radius 3 is 2.25 bits per heavy atom. The van der Waals surface area contributed by atoms with Crippen LogP contribution in [0.5, 0.6) is 0 Å². The van der Waals surface area contributed by atoms with Gasteiger partial charge in [-0.25, -0.2) is 0 Å². The normalized spacial score (nSPS) is 25.7. The maximum atomic E-state index is 12.4. The number of carbonyl (C=O) groups excluding carboxylic acids is 2. The van der Waals surface area contributed by atoms with Gasteiger partial charge in [0.2, 0.25) is 11.8 Å². The number of rotatable bonds is 4. The van der Waals surface area contributed by atoms with Crippen LogP contribution in [0.4, 0.5) is 0 Å². The second kappa shape index (κ2) is 5.23. The highest BCUT2D eigenvalue weighted by Crippen LogP contribution is 2.51. The number of hydrogen-bond donors (Lipinski definition) is 1. The van der Waals surface area contributed by atoms with Crippen LogP contribution in [0, 0.1) is 11.8 Å². The molecular weight excluding hydrogens is 252 g/mol. The van der Waals surface area contributed by atoms with Crippen molar-refractivity contribution in [2.24, 2.45) is 11.8 Å². The van der Waals surface area contributed by atoms with Crippen LogP contribution < -0.4 is 5.32 Å². The van der Waals surface area contributed by atoms with Crippen molar-refractivity contribution >= 4 is 11.8 Å². The molecule has 20 heavy (non-hydrogen) atoms. The van der Waals surface area contributed by atoms with Gasteiger partial charge in [0.25, 0.3) is 0 Å². The van der Waals surface area contributed by atoms with Gasteiger partial charge in [0, 0.05) is 24.5 Å². The van der Waals surface area contributed by atoms with Crippen molar-refractivity contribution in [1.29, 1.82) is 0 Å². The molecule has 3 aliphatic rings. The van der Waals surface area contributed by atoms with Crippen LogP contribution in [-0.4, -0.2) is 35.3 Å². The molecule has 0 aromatic carbocycles. The van der Waals surface area contributed by atoms with E-state index in [0.29, 0.717) is 13.1 Å². The minimum absolute atomic E-state index is 0.0167. The molecule has 1 heterocycles. The van der Waals surface area contributed by atoms with Crippen LogP contribution in [0.3, 0.4) is 0 Å². The van der Waals surface area contributed by atoms with Gasteiger partial charge in [0.1, 0.15) is 0 Å². The van der Waals surface area contributed by atoms with Crippen molar-refractivity contribution in [1.82, 2.24) is 10.2 Å². The van der Waals surface area contributed by atoms with Crippen molar-refractivity contribution in [3.05, 3.63) is 12.7 Å². The number of nitrogens with one attached hydrogen (secondary N) is 1. The third kappa shape index (κ3) is 2.48. The van der Waals surface area contributed by atoms with Gasteiger partial charge in [0.05, 0.1) is 0 Å². The highest BCUT2D eigenvalue weighted by Gasteiger charge is 2.52. The number of likely N-dealkylation sites (tertiary alicyclic amines) is 1. The van der Waals surface area contributed by atoms with Crippen LogP contribution >= 0.6 is 0 Å². The fraction of sp³-hybridized carbons (Fsp3) is 0.750. The number of carbonyl (C=O) groups is 2. The molecule has 2 amide bonds. The Labute approximate surface area is 120 Å². The van der Waals surface area contributed by atoms with Crippen molar-refractivity contribution in [3.63, 3.8) is 0 Å². The summed E-state index contributed by atoms with van der Waals surface area (Å²) in [6.07, 6.45) is 9.15. The van der Waals surface area contributed by atoms with Crippen molar-refractivity contribution < 1.29 is 9.59 Å². The molecule has 3 rings (SSSR count). The molecule has 2 saturated carbocycles. The fourth-order valence-corrected chi connectivity index (χ4v) is 3.57. The average molecular weight is 276 g/mol. The molecule has 4 nitrogen and oxygen atoms in total. The van der Waals surface area contributed by atoms with Crippen molar-refractivity contribution in [3.8, 4) is 0 Å². The summed E-state index contributed by atoms with van der Waals surface area (Å²) < 4.78 is 0. The van der Waals surface area contributed by atoms with Gasteiger partial charge in [-0.05, 0) is 50.5 Å². The van der Waals surface area contributed by atoms with E-state index in [1.165, 1.54) is 25.3 Å². The SMILES string of the molecule is C=CC(=O)N1CCC(C(=O)NC2(C3CCC3)CC2)CC1. The van der Waals surface area contributed by atoms with E-state index in [9.17, 15) is 9.59 Å². The Kier molecular flexibility index (Phi) is 3.57. The summed E-state index contributed by atoms with van der Waals surface area (Å²) in [6, 6.07) is 0. The Hall–Kier alpha value is -1.32. The van der Waals surface area contributed by atoms with E-state index in [2.05, 4.69) is 11.9 Å². The molecule has 0 radical (unpaired) electrons. The lowest BCUT2D eigenvalue weighted by molar-refractivity contribution is -0.133. The summed E-state index contributed by atoms with van der Waals surface area (Å²) in [6.45, 7) is 4.87. The van der Waals surface area contributed by atoms with E-state index in [1.54, 1.807) is 4.90 Å². The first-order chi connectivity index (χ1) is 9.64. The van der Waals surface area contributed by atoms with Crippen molar-refractivity contribution in [2.45, 2.75) is 50.5 Å². The quantitative estimate of drug-likeness (QED) is 0.797. The second-order valence-electron chi connectivity index (χ2n) is 6.58. The van der Waals surface area contributed by atoms with E-state index in [1.807, 2.05) is 0 Å². The third-order valence-corrected chi connectivity index (χ3v) is 5.40. The first-order valence-corrected chi connectivity index (χ1v) is 7.88. The number of hydrogen-bond acceptors (Lipinski definition) is 2. The molecule has 0 unspecified atom stereocenters. The van der Waals surface area contributed by atoms with E-state index in [4.69, 9.17) is 0 Å². The molecule has 1 aliphatic heterocycles. The fourth-order valence-electron chi connectivity index (χ4n) is 3.57. The molecule has 0 atom stereocenters. The third-order valence-electron chi connectivity index (χ3n) is 5.40. The second-order valence-corrected chi connectivity index (χ2v) is 6.58. The predicted octanol–water partition coefficient (Wildman–Crippen LogP) is 1.86. The average Bonchev–Trinajstić information content (AvgIpc) is 3.16. The monoisotopic (exact) mass is 276 g/mol. The summed E-state index contributed by atoms with van der Waals surface area (Å²) in [5, 5.41) is 3.33. The molecule has 0 aromatic heterocycles. The number of nitrogens with zero attached hydrogens (tertiary/aromatic N) is 1. The summed E-state index contributed by atoms with van der Waals surface area (Å²) in [5.74, 6) is 1.02. The zero-order chi connectivity index (χ0) is 14.2. The Bertz CT molecular complexity index is 416. The molecule has 110 valence electrons. The van der Waals surface area contributed by atoms with Crippen LogP contribution in [0.25, 0.3) is 0 Å². The lowest BCUT2D eigenvalue weighted by Crippen LogP contribution is -2.49. The summed E-state index contributed by atoms with van der Waals surface area (Å²) >= 11 is 0.